The van der Waals surface area contributed by atoms with E-state index >= 15 is 0 Å². The zero-order valence-corrected chi connectivity index (χ0v) is 17.4. The van der Waals surface area contributed by atoms with Crippen LogP contribution in [0.5, 0.6) is 0 Å². The number of aryl methyl sites for hydroxylation is 1. The van der Waals surface area contributed by atoms with Crippen LogP contribution >= 0.6 is 11.6 Å². The van der Waals surface area contributed by atoms with E-state index in [0.717, 1.165) is 4.31 Å². The molecule has 0 spiro atoms. The molecular weight excluding hydrogens is 426 g/mol. The summed E-state index contributed by atoms with van der Waals surface area (Å²) in [5.74, 6) is 0. The average molecular weight is 442 g/mol. The van der Waals surface area contributed by atoms with E-state index in [1.165, 1.54) is 22.8 Å². The van der Waals surface area contributed by atoms with Gasteiger partial charge in [0.2, 0.25) is 0 Å². The van der Waals surface area contributed by atoms with Crippen molar-refractivity contribution in [3.8, 4) is 6.07 Å². The summed E-state index contributed by atoms with van der Waals surface area (Å²) < 4.78 is 28.5. The van der Waals surface area contributed by atoms with Crippen LogP contribution in [0.1, 0.15) is 16.7 Å². The maximum atomic E-state index is 13.3. The smallest absolute Gasteiger partial charge is 0.284 e. The highest BCUT2D eigenvalue weighted by molar-refractivity contribution is 7.89. The zero-order chi connectivity index (χ0) is 21.5. The van der Waals surface area contributed by atoms with Crippen LogP contribution in [-0.4, -0.2) is 28.5 Å². The molecule has 1 aliphatic rings. The molecule has 3 aromatic rings. The minimum absolute atomic E-state index is 0.0306. The van der Waals surface area contributed by atoms with Gasteiger partial charge in [0.15, 0.2) is 5.03 Å². The number of anilines is 1. The molecule has 8 nitrogen and oxygen atoms in total. The van der Waals surface area contributed by atoms with Gasteiger partial charge < -0.3 is 0 Å². The van der Waals surface area contributed by atoms with Crippen LogP contribution < -0.4 is 4.90 Å². The molecule has 2 heterocycles. The SMILES string of the molecule is Cn1ncc2c1S(=O)(=O)N(Cc1cccc(Cl)c1)C(=O)N2Cc1ccccc1C#N. The summed E-state index contributed by atoms with van der Waals surface area (Å²) in [5, 5.41) is 13.8. The van der Waals surface area contributed by atoms with Crippen LogP contribution in [0.15, 0.2) is 59.8 Å². The van der Waals surface area contributed by atoms with Gasteiger partial charge in [-0.05, 0) is 29.3 Å². The lowest BCUT2D eigenvalue weighted by molar-refractivity contribution is 0.225. The fourth-order valence-electron chi connectivity index (χ4n) is 3.39. The van der Waals surface area contributed by atoms with Crippen LogP contribution in [-0.2, 0) is 30.2 Å². The molecule has 0 saturated carbocycles. The van der Waals surface area contributed by atoms with Gasteiger partial charge >= 0.3 is 6.03 Å². The molecule has 0 N–H and O–H groups in total. The van der Waals surface area contributed by atoms with E-state index in [1.54, 1.807) is 48.5 Å². The van der Waals surface area contributed by atoms with E-state index in [9.17, 15) is 18.5 Å². The number of fused-ring (bicyclic) bond motifs is 1. The van der Waals surface area contributed by atoms with Crippen molar-refractivity contribution in [3.05, 3.63) is 76.4 Å². The predicted molar refractivity (Wildman–Crippen MR) is 110 cm³/mol. The van der Waals surface area contributed by atoms with E-state index < -0.39 is 16.1 Å². The van der Waals surface area contributed by atoms with Gasteiger partial charge in [-0.3, -0.25) is 9.58 Å². The first-order valence-electron chi connectivity index (χ1n) is 8.91. The van der Waals surface area contributed by atoms with Crippen LogP contribution in [0.25, 0.3) is 0 Å². The highest BCUT2D eigenvalue weighted by Crippen LogP contribution is 2.36. The first-order chi connectivity index (χ1) is 14.3. The monoisotopic (exact) mass is 441 g/mol. The second-order valence-corrected chi connectivity index (χ2v) is 8.95. The Morgan fingerprint density at radius 2 is 1.90 bits per heavy atom. The third kappa shape index (κ3) is 3.30. The van der Waals surface area contributed by atoms with Gasteiger partial charge in [-0.15, -0.1) is 0 Å². The lowest BCUT2D eigenvalue weighted by Gasteiger charge is -2.34. The first-order valence-corrected chi connectivity index (χ1v) is 10.7. The van der Waals surface area contributed by atoms with Crippen molar-refractivity contribution in [2.45, 2.75) is 18.1 Å². The number of hydrogen-bond donors (Lipinski definition) is 0. The summed E-state index contributed by atoms with van der Waals surface area (Å²) in [6.45, 7) is -0.147. The fourth-order valence-corrected chi connectivity index (χ4v) is 5.24. The summed E-state index contributed by atoms with van der Waals surface area (Å²) in [5.41, 5.74) is 1.76. The molecule has 0 bridgehead atoms. The molecule has 1 aromatic heterocycles. The maximum absolute atomic E-state index is 13.3. The summed E-state index contributed by atoms with van der Waals surface area (Å²) in [6.07, 6.45) is 1.34. The lowest BCUT2D eigenvalue weighted by Crippen LogP contribution is -2.50. The normalized spacial score (nSPS) is 15.0. The summed E-state index contributed by atoms with van der Waals surface area (Å²) in [4.78, 5) is 14.6. The van der Waals surface area contributed by atoms with E-state index in [-0.39, 0.29) is 23.8 Å². The molecule has 0 fully saturated rings. The van der Waals surface area contributed by atoms with Gasteiger partial charge in [0.05, 0.1) is 30.9 Å². The number of urea groups is 1. The lowest BCUT2D eigenvalue weighted by atomic mass is 10.1. The van der Waals surface area contributed by atoms with Crippen molar-refractivity contribution in [1.82, 2.24) is 14.1 Å². The molecule has 2 aromatic carbocycles. The van der Waals surface area contributed by atoms with Gasteiger partial charge in [-0.25, -0.2) is 9.10 Å². The highest BCUT2D eigenvalue weighted by Gasteiger charge is 2.44. The number of rotatable bonds is 4. The van der Waals surface area contributed by atoms with Crippen molar-refractivity contribution in [2.24, 2.45) is 7.05 Å². The number of hydrogen-bond acceptors (Lipinski definition) is 5. The highest BCUT2D eigenvalue weighted by atomic mass is 35.5. The Morgan fingerprint density at radius 1 is 1.13 bits per heavy atom. The molecule has 4 rings (SSSR count). The van der Waals surface area contributed by atoms with Crippen molar-refractivity contribution >= 4 is 33.3 Å². The predicted octanol–water partition coefficient (Wildman–Crippen LogP) is 3.28. The van der Waals surface area contributed by atoms with E-state index in [2.05, 4.69) is 11.2 Å². The van der Waals surface area contributed by atoms with Crippen molar-refractivity contribution in [3.63, 3.8) is 0 Å². The fraction of sp³-hybridized carbons (Fsp3) is 0.150. The molecule has 152 valence electrons. The minimum Gasteiger partial charge on any atom is -0.284 e. The van der Waals surface area contributed by atoms with Gasteiger partial charge in [-0.2, -0.15) is 18.8 Å². The standard InChI is InChI=1S/C20H16ClN5O3S/c1-24-19-18(11-23-24)25(13-16-7-3-2-6-15(16)10-22)20(27)26(30(19,28)29)12-14-5-4-8-17(21)9-14/h2-9,11H,12-13H2,1H3. The molecule has 0 unspecified atom stereocenters. The van der Waals surface area contributed by atoms with Crippen molar-refractivity contribution in [1.29, 1.82) is 5.26 Å². The van der Waals surface area contributed by atoms with Gasteiger partial charge in [-0.1, -0.05) is 41.9 Å². The number of nitrogens with zero attached hydrogens (tertiary/aromatic N) is 5. The number of amides is 2. The molecule has 1 aliphatic heterocycles. The minimum atomic E-state index is -4.14. The number of carbonyl (C=O) groups excluding carboxylic acids is 1. The van der Waals surface area contributed by atoms with E-state index in [1.807, 2.05) is 0 Å². The van der Waals surface area contributed by atoms with E-state index in [4.69, 9.17) is 11.6 Å². The summed E-state index contributed by atoms with van der Waals surface area (Å²) in [7, 11) is -2.63. The first kappa shape index (κ1) is 19.9. The maximum Gasteiger partial charge on any atom is 0.339 e. The summed E-state index contributed by atoms with van der Waals surface area (Å²) >= 11 is 6.02. The van der Waals surface area contributed by atoms with Crippen LogP contribution in [0.4, 0.5) is 10.5 Å². The van der Waals surface area contributed by atoms with Crippen molar-refractivity contribution < 1.29 is 13.2 Å². The summed E-state index contributed by atoms with van der Waals surface area (Å²) in [6, 6.07) is 14.9. The van der Waals surface area contributed by atoms with Gasteiger partial charge in [0, 0.05) is 12.1 Å². The molecule has 10 heteroatoms. The van der Waals surface area contributed by atoms with E-state index in [0.29, 0.717) is 21.7 Å². The number of nitriles is 1. The third-order valence-corrected chi connectivity index (χ3v) is 6.88. The molecule has 0 aliphatic carbocycles. The molecule has 2 amide bonds. The largest absolute Gasteiger partial charge is 0.339 e. The van der Waals surface area contributed by atoms with Gasteiger partial charge in [0.1, 0.15) is 5.69 Å². The Labute approximate surface area is 178 Å². The van der Waals surface area contributed by atoms with Gasteiger partial charge in [0.25, 0.3) is 10.0 Å². The Kier molecular flexibility index (Phi) is 4.97. The van der Waals surface area contributed by atoms with Crippen molar-refractivity contribution in [2.75, 3.05) is 4.90 Å². The Balaban J connectivity index is 1.81. The Bertz CT molecular complexity index is 1300. The number of sulfonamides is 1. The molecular formula is C20H16ClN5O3S. The third-order valence-electron chi connectivity index (χ3n) is 4.82. The molecule has 30 heavy (non-hydrogen) atoms. The van der Waals surface area contributed by atoms with Crippen LogP contribution in [0, 0.1) is 11.3 Å². The van der Waals surface area contributed by atoms with Crippen LogP contribution in [0.2, 0.25) is 5.02 Å². The molecule has 0 atom stereocenters. The second kappa shape index (κ2) is 7.48. The number of aromatic nitrogens is 2. The Hall–Kier alpha value is -3.35. The molecule has 0 radical (unpaired) electrons. The quantitative estimate of drug-likeness (QED) is 0.618. The number of benzene rings is 2. The topological polar surface area (TPSA) is 99.3 Å². The second-order valence-electron chi connectivity index (χ2n) is 6.74. The average Bonchev–Trinajstić information content (AvgIpc) is 3.11. The van der Waals surface area contributed by atoms with Crippen LogP contribution in [0.3, 0.4) is 0 Å². The Morgan fingerprint density at radius 3 is 2.63 bits per heavy atom. The number of carbonyl (C=O) groups is 1. The number of halogens is 1. The zero-order valence-electron chi connectivity index (χ0n) is 15.9. The molecule has 0 saturated heterocycles.